The van der Waals surface area contributed by atoms with Gasteiger partial charge in [-0.1, -0.05) is 13.8 Å². The minimum Gasteiger partial charge on any atom is -0.380 e. The molecule has 0 aromatic rings. The summed E-state index contributed by atoms with van der Waals surface area (Å²) in [5.41, 5.74) is -2.20. The summed E-state index contributed by atoms with van der Waals surface area (Å²) in [5, 5.41) is 10.3. The molecule has 0 saturated heterocycles. The monoisotopic (exact) mass is 414 g/mol. The first kappa shape index (κ1) is 21.6. The smallest absolute Gasteiger partial charge is 0.380 e. The molecule has 166 valence electrons. The van der Waals surface area contributed by atoms with Crippen molar-refractivity contribution in [3.8, 4) is 0 Å². The molecule has 4 saturated carbocycles. The second-order valence-corrected chi connectivity index (χ2v) is 11.3. The molecular formula is C24H37F3O2. The summed E-state index contributed by atoms with van der Waals surface area (Å²) in [4.78, 5) is 10.7. The number of rotatable bonds is 4. The zero-order valence-electron chi connectivity index (χ0n) is 17.9. The first-order valence-corrected chi connectivity index (χ1v) is 11.8. The average Bonchev–Trinajstić information content (AvgIpc) is 2.98. The van der Waals surface area contributed by atoms with Crippen LogP contribution in [0.1, 0.15) is 90.9 Å². The molecule has 1 N–H and O–H groups in total. The van der Waals surface area contributed by atoms with Gasteiger partial charge in [-0.25, -0.2) is 0 Å². The lowest BCUT2D eigenvalue weighted by Crippen LogP contribution is -2.59. The Balaban J connectivity index is 1.51. The van der Waals surface area contributed by atoms with Crippen LogP contribution < -0.4 is 0 Å². The molecule has 0 heterocycles. The Kier molecular flexibility index (Phi) is 5.40. The molecular weight excluding hydrogens is 377 g/mol. The van der Waals surface area contributed by atoms with Crippen molar-refractivity contribution in [2.45, 2.75) is 103 Å². The second kappa shape index (κ2) is 7.24. The van der Waals surface area contributed by atoms with Gasteiger partial charge < -0.3 is 9.90 Å². The Bertz CT molecular complexity index is 634. The number of aliphatic hydroxyl groups is 1. The largest absolute Gasteiger partial charge is 0.417 e. The quantitative estimate of drug-likeness (QED) is 0.432. The highest BCUT2D eigenvalue weighted by atomic mass is 19.4. The lowest BCUT2D eigenvalue weighted by Gasteiger charge is -2.62. The maximum atomic E-state index is 13.5. The van der Waals surface area contributed by atoms with Crippen LogP contribution in [0.15, 0.2) is 0 Å². The van der Waals surface area contributed by atoms with E-state index in [9.17, 15) is 23.1 Å². The van der Waals surface area contributed by atoms with E-state index < -0.39 is 11.8 Å². The number of hydrogen-bond acceptors (Lipinski definition) is 2. The lowest BCUT2D eigenvalue weighted by atomic mass is 9.43. The number of unbranched alkanes of at least 4 members (excludes halogenated alkanes) is 1. The number of hydrogen-bond donors (Lipinski definition) is 1. The SMILES string of the molecule is C[C@]12CC[C@H]3[C@@H](CCC4C[C@](O)(C(F)(F)F)CC[C@@]43C)C1CCC2CCCC=O. The number of carbonyl (C=O) groups excluding carboxylic acids is 1. The minimum absolute atomic E-state index is 0.0155. The minimum atomic E-state index is -4.52. The standard InChI is InChI=1S/C24H37F3O2/c1-21-11-10-20-18(19(21)9-7-16(21)5-3-4-14-28)8-6-17-15-23(29,24(25,26)27)13-12-22(17,20)2/h14,16-20,29H,3-13,15H2,1-2H3/t16?,17?,18-,19?,20-,21+,22-,23-/m0/s1. The fraction of sp³-hybridized carbons (Fsp3) is 0.958. The summed E-state index contributed by atoms with van der Waals surface area (Å²) in [5.74, 6) is 2.50. The van der Waals surface area contributed by atoms with Crippen LogP contribution in [0.25, 0.3) is 0 Å². The Hall–Kier alpha value is -0.580. The molecule has 3 unspecified atom stereocenters. The van der Waals surface area contributed by atoms with E-state index in [2.05, 4.69) is 13.8 Å². The summed E-state index contributed by atoms with van der Waals surface area (Å²) in [6.45, 7) is 4.70. The topological polar surface area (TPSA) is 37.3 Å². The Labute approximate surface area is 173 Å². The van der Waals surface area contributed by atoms with Gasteiger partial charge in [0.1, 0.15) is 6.29 Å². The maximum absolute atomic E-state index is 13.5. The summed E-state index contributed by atoms with van der Waals surface area (Å²) < 4.78 is 40.4. The van der Waals surface area contributed by atoms with Crippen molar-refractivity contribution in [2.24, 2.45) is 40.4 Å². The molecule has 0 aliphatic heterocycles. The van der Waals surface area contributed by atoms with E-state index in [0.717, 1.165) is 38.4 Å². The average molecular weight is 415 g/mol. The van der Waals surface area contributed by atoms with Gasteiger partial charge in [-0.05, 0) is 111 Å². The van der Waals surface area contributed by atoms with E-state index in [-0.39, 0.29) is 24.2 Å². The number of aldehydes is 1. The fourth-order valence-corrected chi connectivity index (χ4v) is 8.53. The van der Waals surface area contributed by atoms with Gasteiger partial charge in [-0.3, -0.25) is 0 Å². The molecule has 5 heteroatoms. The number of alkyl halides is 3. The number of fused-ring (bicyclic) bond motifs is 5. The highest BCUT2D eigenvalue weighted by Crippen LogP contribution is 2.69. The summed E-state index contributed by atoms with van der Waals surface area (Å²) in [7, 11) is 0. The van der Waals surface area contributed by atoms with Crippen LogP contribution in [-0.4, -0.2) is 23.2 Å². The van der Waals surface area contributed by atoms with Crippen molar-refractivity contribution in [3.05, 3.63) is 0 Å². The molecule has 8 atom stereocenters. The van der Waals surface area contributed by atoms with Gasteiger partial charge in [0.15, 0.2) is 5.60 Å². The summed E-state index contributed by atoms with van der Waals surface area (Å²) >= 11 is 0. The molecule has 4 rings (SSSR count). The van der Waals surface area contributed by atoms with Crippen LogP contribution in [0.2, 0.25) is 0 Å². The molecule has 0 spiro atoms. The van der Waals surface area contributed by atoms with Crippen LogP contribution in [0.4, 0.5) is 13.2 Å². The third-order valence-corrected chi connectivity index (χ3v) is 10.3. The van der Waals surface area contributed by atoms with Crippen molar-refractivity contribution >= 4 is 6.29 Å². The second-order valence-electron chi connectivity index (χ2n) is 11.3. The summed E-state index contributed by atoms with van der Waals surface area (Å²) in [6.07, 6.45) is 6.21. The fourth-order valence-electron chi connectivity index (χ4n) is 8.53. The molecule has 2 nitrogen and oxygen atoms in total. The van der Waals surface area contributed by atoms with Gasteiger partial charge in [-0.2, -0.15) is 13.2 Å². The first-order chi connectivity index (χ1) is 13.6. The van der Waals surface area contributed by atoms with Crippen molar-refractivity contribution in [1.82, 2.24) is 0 Å². The third-order valence-electron chi connectivity index (χ3n) is 10.3. The zero-order chi connectivity index (χ0) is 21.1. The van der Waals surface area contributed by atoms with Gasteiger partial charge in [0.25, 0.3) is 0 Å². The normalized spacial score (nSPS) is 49.8. The van der Waals surface area contributed by atoms with E-state index in [0.29, 0.717) is 41.9 Å². The predicted molar refractivity (Wildman–Crippen MR) is 106 cm³/mol. The van der Waals surface area contributed by atoms with Gasteiger partial charge in [0.2, 0.25) is 0 Å². The maximum Gasteiger partial charge on any atom is 0.417 e. The summed E-state index contributed by atoms with van der Waals surface area (Å²) in [6, 6.07) is 0. The molecule has 0 aromatic carbocycles. The van der Waals surface area contributed by atoms with E-state index >= 15 is 0 Å². The Morgan fingerprint density at radius 3 is 2.38 bits per heavy atom. The Morgan fingerprint density at radius 2 is 1.69 bits per heavy atom. The highest BCUT2D eigenvalue weighted by Gasteiger charge is 2.64. The van der Waals surface area contributed by atoms with Gasteiger partial charge in [-0.15, -0.1) is 0 Å². The first-order valence-electron chi connectivity index (χ1n) is 11.8. The van der Waals surface area contributed by atoms with Gasteiger partial charge >= 0.3 is 6.18 Å². The van der Waals surface area contributed by atoms with Crippen LogP contribution in [0.5, 0.6) is 0 Å². The van der Waals surface area contributed by atoms with Crippen LogP contribution in [-0.2, 0) is 4.79 Å². The zero-order valence-corrected chi connectivity index (χ0v) is 17.9. The molecule has 29 heavy (non-hydrogen) atoms. The van der Waals surface area contributed by atoms with Crippen LogP contribution >= 0.6 is 0 Å². The number of carbonyl (C=O) groups is 1. The molecule has 0 radical (unpaired) electrons. The van der Waals surface area contributed by atoms with E-state index in [1.54, 1.807) is 0 Å². The highest BCUT2D eigenvalue weighted by molar-refractivity contribution is 5.48. The van der Waals surface area contributed by atoms with Crippen molar-refractivity contribution < 1.29 is 23.1 Å². The molecule has 4 aliphatic carbocycles. The molecule has 0 amide bonds. The van der Waals surface area contributed by atoms with E-state index in [1.165, 1.54) is 19.3 Å². The lowest BCUT2D eigenvalue weighted by molar-refractivity contribution is -0.290. The molecule has 0 bridgehead atoms. The Morgan fingerprint density at radius 1 is 0.966 bits per heavy atom. The van der Waals surface area contributed by atoms with Crippen LogP contribution in [0, 0.1) is 40.4 Å². The predicted octanol–water partition coefficient (Wildman–Crippen LogP) is 6.31. The molecule has 4 fully saturated rings. The van der Waals surface area contributed by atoms with Gasteiger partial charge in [0.05, 0.1) is 0 Å². The van der Waals surface area contributed by atoms with Crippen molar-refractivity contribution in [2.75, 3.05) is 0 Å². The van der Waals surface area contributed by atoms with E-state index in [4.69, 9.17) is 0 Å². The molecule has 4 aliphatic rings. The van der Waals surface area contributed by atoms with Crippen molar-refractivity contribution in [1.29, 1.82) is 0 Å². The van der Waals surface area contributed by atoms with E-state index in [1.807, 2.05) is 0 Å². The third kappa shape index (κ3) is 3.29. The molecule has 0 aromatic heterocycles. The number of halogens is 3. The van der Waals surface area contributed by atoms with Crippen LogP contribution in [0.3, 0.4) is 0 Å². The van der Waals surface area contributed by atoms with Crippen molar-refractivity contribution in [3.63, 3.8) is 0 Å². The van der Waals surface area contributed by atoms with Gasteiger partial charge in [0, 0.05) is 6.42 Å².